The van der Waals surface area contributed by atoms with Gasteiger partial charge in [-0.1, -0.05) is 0 Å². The molecule has 0 aromatic carbocycles. The number of carbonyl (C=O) groups is 2. The number of hydrazine groups is 1. The van der Waals surface area contributed by atoms with Crippen LogP contribution in [-0.4, -0.2) is 47.7 Å². The van der Waals surface area contributed by atoms with Crippen molar-refractivity contribution in [3.63, 3.8) is 0 Å². The third kappa shape index (κ3) is 2.97. The van der Waals surface area contributed by atoms with E-state index in [2.05, 4.69) is 0 Å². The molecular weight excluding hydrogens is 203 g/mol. The van der Waals surface area contributed by atoms with Crippen LogP contribution in [-0.2, 0) is 9.59 Å². The lowest BCUT2D eigenvalue weighted by atomic mass is 10.5. The molecule has 6 heteroatoms. The highest BCUT2D eigenvalue weighted by Crippen LogP contribution is 1.97. The molecule has 0 saturated heterocycles. The zero-order valence-electron chi connectivity index (χ0n) is 6.88. The van der Waals surface area contributed by atoms with Gasteiger partial charge in [-0.05, 0) is 0 Å². The molecule has 0 bridgehead atoms. The summed E-state index contributed by atoms with van der Waals surface area (Å²) in [5.41, 5.74) is 0. The second-order valence-electron chi connectivity index (χ2n) is 2.21. The summed E-state index contributed by atoms with van der Waals surface area (Å²) in [6.07, 6.45) is 0. The van der Waals surface area contributed by atoms with Gasteiger partial charge in [0, 0.05) is 14.1 Å². The van der Waals surface area contributed by atoms with Crippen molar-refractivity contribution in [1.29, 1.82) is 0 Å². The van der Waals surface area contributed by atoms with E-state index in [0.717, 1.165) is 5.01 Å². The first-order chi connectivity index (χ1) is 5.54. The SMILES string of the molecule is CN(C)N(C(=O)CCl)C(=O)CCl. The van der Waals surface area contributed by atoms with Crippen molar-refractivity contribution in [3.8, 4) is 0 Å². The van der Waals surface area contributed by atoms with Crippen LogP contribution in [0, 0.1) is 0 Å². The minimum Gasteiger partial charge on any atom is -0.272 e. The molecule has 0 aliphatic rings. The second-order valence-corrected chi connectivity index (χ2v) is 2.75. The normalized spacial score (nSPS) is 10.1. The van der Waals surface area contributed by atoms with E-state index < -0.39 is 11.8 Å². The molecular formula is C6H10Cl2N2O2. The third-order valence-electron chi connectivity index (χ3n) is 1.10. The number of hydrogen-bond donors (Lipinski definition) is 0. The number of carbonyl (C=O) groups excluding carboxylic acids is 2. The average molecular weight is 213 g/mol. The maximum absolute atomic E-state index is 11.0. The molecule has 0 heterocycles. The molecule has 0 aliphatic heterocycles. The highest BCUT2D eigenvalue weighted by atomic mass is 35.5. The minimum atomic E-state index is -0.479. The Morgan fingerprint density at radius 2 is 1.42 bits per heavy atom. The van der Waals surface area contributed by atoms with Gasteiger partial charge in [-0.3, -0.25) is 9.59 Å². The van der Waals surface area contributed by atoms with Gasteiger partial charge in [0.05, 0.1) is 0 Å². The van der Waals surface area contributed by atoms with Crippen molar-refractivity contribution in [1.82, 2.24) is 10.0 Å². The second kappa shape index (κ2) is 5.35. The first kappa shape index (κ1) is 11.7. The van der Waals surface area contributed by atoms with Crippen molar-refractivity contribution >= 4 is 35.0 Å². The molecule has 0 spiro atoms. The molecule has 0 unspecified atom stereocenters. The third-order valence-corrected chi connectivity index (χ3v) is 1.56. The fourth-order valence-electron chi connectivity index (χ4n) is 0.698. The first-order valence-electron chi connectivity index (χ1n) is 3.19. The van der Waals surface area contributed by atoms with Gasteiger partial charge in [-0.15, -0.1) is 23.2 Å². The largest absolute Gasteiger partial charge is 0.272 e. The van der Waals surface area contributed by atoms with Crippen LogP contribution in [0.25, 0.3) is 0 Å². The van der Waals surface area contributed by atoms with Gasteiger partial charge in [0.25, 0.3) is 11.8 Å². The van der Waals surface area contributed by atoms with E-state index in [1.54, 1.807) is 14.1 Å². The van der Waals surface area contributed by atoms with E-state index in [-0.39, 0.29) is 11.8 Å². The summed E-state index contributed by atoms with van der Waals surface area (Å²) in [7, 11) is 3.13. The molecule has 0 radical (unpaired) electrons. The van der Waals surface area contributed by atoms with Crippen molar-refractivity contribution in [2.45, 2.75) is 0 Å². The Balaban J connectivity index is 4.43. The van der Waals surface area contributed by atoms with E-state index in [9.17, 15) is 9.59 Å². The van der Waals surface area contributed by atoms with Crippen LogP contribution in [0.1, 0.15) is 0 Å². The number of imide groups is 1. The summed E-state index contributed by atoms with van der Waals surface area (Å²) in [5.74, 6) is -1.43. The van der Waals surface area contributed by atoms with Crippen LogP contribution in [0.4, 0.5) is 0 Å². The zero-order valence-corrected chi connectivity index (χ0v) is 8.39. The highest BCUT2D eigenvalue weighted by molar-refractivity contribution is 6.31. The van der Waals surface area contributed by atoms with E-state index in [4.69, 9.17) is 23.2 Å². The van der Waals surface area contributed by atoms with Crippen LogP contribution >= 0.6 is 23.2 Å². The molecule has 0 aromatic heterocycles. The van der Waals surface area contributed by atoms with E-state index in [1.165, 1.54) is 5.01 Å². The number of nitrogens with zero attached hydrogens (tertiary/aromatic N) is 2. The average Bonchev–Trinajstić information content (AvgIpc) is 2.03. The Labute approximate surface area is 81.0 Å². The molecule has 0 atom stereocenters. The Morgan fingerprint density at radius 3 is 1.58 bits per heavy atom. The molecule has 2 amide bonds. The van der Waals surface area contributed by atoms with Gasteiger partial charge in [-0.2, -0.15) is 0 Å². The Kier molecular flexibility index (Phi) is 5.20. The minimum absolute atomic E-state index is 0.235. The number of rotatable bonds is 3. The monoisotopic (exact) mass is 212 g/mol. The van der Waals surface area contributed by atoms with Crippen LogP contribution in [0.5, 0.6) is 0 Å². The summed E-state index contributed by atoms with van der Waals surface area (Å²) < 4.78 is 0. The van der Waals surface area contributed by atoms with Crippen LogP contribution in [0.3, 0.4) is 0 Å². The zero-order chi connectivity index (χ0) is 9.72. The summed E-state index contributed by atoms with van der Waals surface area (Å²) >= 11 is 10.6. The molecule has 4 nitrogen and oxygen atoms in total. The maximum Gasteiger partial charge on any atom is 0.258 e. The molecule has 0 N–H and O–H groups in total. The first-order valence-corrected chi connectivity index (χ1v) is 4.26. The van der Waals surface area contributed by atoms with Gasteiger partial charge in [0.15, 0.2) is 0 Å². The summed E-state index contributed by atoms with van der Waals surface area (Å²) in [4.78, 5) is 22.1. The van der Waals surface area contributed by atoms with Gasteiger partial charge in [-0.25, -0.2) is 10.0 Å². The molecule has 70 valence electrons. The van der Waals surface area contributed by atoms with Crippen molar-refractivity contribution in [3.05, 3.63) is 0 Å². The van der Waals surface area contributed by atoms with Crippen molar-refractivity contribution in [2.24, 2.45) is 0 Å². The number of halogens is 2. The quantitative estimate of drug-likeness (QED) is 0.500. The van der Waals surface area contributed by atoms with Crippen LogP contribution in [0.15, 0.2) is 0 Å². The number of hydrogen-bond acceptors (Lipinski definition) is 3. The molecule has 0 aliphatic carbocycles. The molecule has 12 heavy (non-hydrogen) atoms. The molecule has 0 rings (SSSR count). The van der Waals surface area contributed by atoms with Gasteiger partial charge >= 0.3 is 0 Å². The summed E-state index contributed by atoms with van der Waals surface area (Å²) in [5, 5.41) is 2.25. The number of alkyl halides is 2. The Hall–Kier alpha value is -0.320. The topological polar surface area (TPSA) is 40.6 Å². The Morgan fingerprint density at radius 1 is 1.08 bits per heavy atom. The van der Waals surface area contributed by atoms with E-state index in [0.29, 0.717) is 0 Å². The lowest BCUT2D eigenvalue weighted by Gasteiger charge is -2.25. The molecule has 0 saturated carbocycles. The summed E-state index contributed by atoms with van der Waals surface area (Å²) in [6, 6.07) is 0. The predicted octanol–water partition coefficient (Wildman–Crippen LogP) is 0.296. The lowest BCUT2D eigenvalue weighted by molar-refractivity contribution is -0.156. The van der Waals surface area contributed by atoms with Crippen molar-refractivity contribution < 1.29 is 9.59 Å². The highest BCUT2D eigenvalue weighted by Gasteiger charge is 2.21. The fraction of sp³-hybridized carbons (Fsp3) is 0.667. The fourth-order valence-corrected chi connectivity index (χ4v) is 0.925. The maximum atomic E-state index is 11.0. The van der Waals surface area contributed by atoms with Crippen molar-refractivity contribution in [2.75, 3.05) is 25.9 Å². The Bertz CT molecular complexity index is 168. The molecule has 0 fully saturated rings. The van der Waals surface area contributed by atoms with E-state index in [1.807, 2.05) is 0 Å². The predicted molar refractivity (Wildman–Crippen MR) is 47.0 cm³/mol. The van der Waals surface area contributed by atoms with Gasteiger partial charge in [0.2, 0.25) is 0 Å². The standard InChI is InChI=1S/C6H10Cl2N2O2/c1-9(2)10(5(11)3-7)6(12)4-8/h3-4H2,1-2H3. The van der Waals surface area contributed by atoms with Crippen LogP contribution < -0.4 is 0 Å². The van der Waals surface area contributed by atoms with Gasteiger partial charge in [0.1, 0.15) is 11.8 Å². The van der Waals surface area contributed by atoms with Gasteiger partial charge < -0.3 is 0 Å². The van der Waals surface area contributed by atoms with E-state index >= 15 is 0 Å². The molecule has 0 aromatic rings. The summed E-state index contributed by atoms with van der Waals surface area (Å²) in [6.45, 7) is 0. The lowest BCUT2D eigenvalue weighted by Crippen LogP contribution is -2.47. The van der Waals surface area contributed by atoms with Crippen LogP contribution in [0.2, 0.25) is 0 Å². The number of amides is 2. The smallest absolute Gasteiger partial charge is 0.258 e.